The largest absolute Gasteiger partial charge is 2.00 e. The Balaban J connectivity index is 0. The van der Waals surface area contributed by atoms with Gasteiger partial charge in [0.05, 0.1) is 0 Å². The molecule has 0 aromatic carbocycles. The quantitative estimate of drug-likeness (QED) is 0.426. The van der Waals surface area contributed by atoms with Crippen molar-refractivity contribution in [2.45, 2.75) is 0 Å². The van der Waals surface area contributed by atoms with Gasteiger partial charge in [0.15, 0.2) is 0 Å². The molecule has 0 aromatic heterocycles. The first-order chi connectivity index (χ1) is 0. The van der Waals surface area contributed by atoms with Crippen molar-refractivity contribution in [2.75, 3.05) is 0 Å². The first kappa shape index (κ1) is 273. The molecule has 0 aliphatic carbocycles. The van der Waals surface area contributed by atoms with Crippen molar-refractivity contribution in [1.82, 2.24) is 12.3 Å². The molecule has 8 radical (unpaired) electrons. The van der Waals surface area contributed by atoms with Gasteiger partial charge in [0.2, 0.25) is 0 Å². The van der Waals surface area contributed by atoms with Crippen molar-refractivity contribution in [3.05, 3.63) is 0 Å². The first-order valence-electron chi connectivity index (χ1n) is 0. The van der Waals surface area contributed by atoms with E-state index in [4.69, 9.17) is 0 Å². The second-order valence-corrected chi connectivity index (χ2v) is 0. The van der Waals surface area contributed by atoms with E-state index in [1.54, 1.807) is 0 Å². The number of rotatable bonds is 0. The van der Waals surface area contributed by atoms with Crippen LogP contribution >= 0.6 is 0 Å². The Morgan fingerprint density at radius 1 is 0.600 bits per heavy atom. The van der Waals surface area contributed by atoms with Crippen LogP contribution in [0.15, 0.2) is 0 Å². The molecule has 0 aliphatic rings. The van der Waals surface area contributed by atoms with Gasteiger partial charge in [-0.2, -0.15) is 0 Å². The molecule has 24 valence electrons. The predicted octanol–water partition coefficient (Wildman–Crippen LogP) is -0.440. The minimum absolute atomic E-state index is 0. The Morgan fingerprint density at radius 3 is 0.600 bits per heavy atom. The zero-order valence-corrected chi connectivity index (χ0v) is 6.24. The van der Waals surface area contributed by atoms with Gasteiger partial charge >= 0.3 is 19.5 Å². The molecule has 0 fully saturated rings. The van der Waals surface area contributed by atoms with Gasteiger partial charge in [0.1, 0.15) is 0 Å². The topological polar surface area (TPSA) is 70.0 Å². The Labute approximate surface area is 49.2 Å². The van der Waals surface area contributed by atoms with Crippen LogP contribution in [0, 0.1) is 0 Å². The van der Waals surface area contributed by atoms with Crippen LogP contribution in [-0.2, 0) is 19.5 Å². The molecule has 6 N–H and O–H groups in total. The van der Waals surface area contributed by atoms with Crippen LogP contribution in [-0.4, -0.2) is 16.8 Å². The Kier molecular flexibility index (Phi) is 7610. The van der Waals surface area contributed by atoms with E-state index in [0.717, 1.165) is 0 Å². The van der Waals surface area contributed by atoms with E-state index in [0.29, 0.717) is 0 Å². The standard InChI is InChI=1S/2B.2H3N.Zn/h;;2*1H3;/q2*-1;;;+2. The maximum Gasteiger partial charge on any atom is 2.00 e. The minimum atomic E-state index is 0. The maximum absolute atomic E-state index is 0. The maximum atomic E-state index is 0. The summed E-state index contributed by atoms with van der Waals surface area (Å²) in [6, 6.07) is 0. The van der Waals surface area contributed by atoms with E-state index in [-0.39, 0.29) is 48.6 Å². The van der Waals surface area contributed by atoms with Crippen molar-refractivity contribution in [1.29, 1.82) is 0 Å². The van der Waals surface area contributed by atoms with E-state index >= 15 is 0 Å². The smallest absolute Gasteiger partial charge is 1.00 e. The van der Waals surface area contributed by atoms with Crippen molar-refractivity contribution < 1.29 is 19.5 Å². The summed E-state index contributed by atoms with van der Waals surface area (Å²) in [6.07, 6.45) is 0. The van der Waals surface area contributed by atoms with Crippen molar-refractivity contribution >= 4 is 16.8 Å². The molecule has 0 saturated heterocycles. The summed E-state index contributed by atoms with van der Waals surface area (Å²) in [6.45, 7) is 0. The fraction of sp³-hybridized carbons (Fsp3) is 0. The SMILES string of the molecule is N.N.[B-].[B-].[Zn+2]. The summed E-state index contributed by atoms with van der Waals surface area (Å²) in [7, 11) is 0. The monoisotopic (exact) mass is 120 g/mol. The van der Waals surface area contributed by atoms with Gasteiger partial charge in [-0.25, -0.2) is 0 Å². The molecule has 0 spiro atoms. The van der Waals surface area contributed by atoms with Crippen LogP contribution in [0.3, 0.4) is 0 Å². The third kappa shape index (κ3) is 73.7. The Hall–Kier alpha value is 0.673. The third-order valence-electron chi connectivity index (χ3n) is 0. The van der Waals surface area contributed by atoms with Crippen molar-refractivity contribution in [2.24, 2.45) is 0 Å². The molecule has 0 saturated carbocycles. The molecule has 0 amide bonds. The van der Waals surface area contributed by atoms with Crippen LogP contribution < -0.4 is 12.3 Å². The summed E-state index contributed by atoms with van der Waals surface area (Å²) >= 11 is 0. The van der Waals surface area contributed by atoms with Crippen molar-refractivity contribution in [3.63, 3.8) is 0 Å². The second kappa shape index (κ2) is 139. The molecule has 0 bridgehead atoms. The fourth-order valence-electron chi connectivity index (χ4n) is 0. The molecule has 0 aromatic rings. The molecule has 0 heterocycles. The van der Waals surface area contributed by atoms with Crippen molar-refractivity contribution in [3.8, 4) is 0 Å². The van der Waals surface area contributed by atoms with Gasteiger partial charge < -0.3 is 29.1 Å². The zero-order valence-electron chi connectivity index (χ0n) is 3.28. The van der Waals surface area contributed by atoms with E-state index in [1.165, 1.54) is 0 Å². The van der Waals surface area contributed by atoms with Gasteiger partial charge in [-0.05, 0) is 0 Å². The van der Waals surface area contributed by atoms with Gasteiger partial charge in [-0.1, -0.05) is 0 Å². The van der Waals surface area contributed by atoms with Crippen LogP contribution in [0.2, 0.25) is 0 Å². The molecule has 2 nitrogen and oxygen atoms in total. The van der Waals surface area contributed by atoms with Crippen LogP contribution in [0.4, 0.5) is 0 Å². The first-order valence-corrected chi connectivity index (χ1v) is 0. The zero-order chi connectivity index (χ0) is 0. The molecule has 0 aliphatic heterocycles. The summed E-state index contributed by atoms with van der Waals surface area (Å²) < 4.78 is 0. The third-order valence-corrected chi connectivity index (χ3v) is 0. The molecule has 0 unspecified atom stereocenters. The van der Waals surface area contributed by atoms with Crippen LogP contribution in [0.5, 0.6) is 0 Å². The van der Waals surface area contributed by atoms with Gasteiger partial charge in [0.25, 0.3) is 0 Å². The summed E-state index contributed by atoms with van der Waals surface area (Å²) in [5, 5.41) is 0. The van der Waals surface area contributed by atoms with E-state index in [2.05, 4.69) is 0 Å². The average Bonchev–Trinajstić information content (AvgIpc) is 0. The summed E-state index contributed by atoms with van der Waals surface area (Å²) in [4.78, 5) is 0. The fourth-order valence-corrected chi connectivity index (χ4v) is 0. The Bertz CT molecular complexity index is 7.61. The molecule has 0 atom stereocenters. The molecular formula is H6B2N2Zn. The summed E-state index contributed by atoms with van der Waals surface area (Å²) in [5.41, 5.74) is 0. The molecule has 0 rings (SSSR count). The Morgan fingerprint density at radius 2 is 0.600 bits per heavy atom. The molecule has 5 heavy (non-hydrogen) atoms. The number of hydrogen-bond donors (Lipinski definition) is 2. The minimum Gasteiger partial charge on any atom is -1.00 e. The summed E-state index contributed by atoms with van der Waals surface area (Å²) in [5.74, 6) is 0. The van der Waals surface area contributed by atoms with Gasteiger partial charge in [0, 0.05) is 0 Å². The van der Waals surface area contributed by atoms with Crippen LogP contribution in [0.25, 0.3) is 0 Å². The number of hydrogen-bond acceptors (Lipinski definition) is 2. The average molecular weight is 121 g/mol. The van der Waals surface area contributed by atoms with E-state index in [9.17, 15) is 0 Å². The van der Waals surface area contributed by atoms with Gasteiger partial charge in [-0.15, -0.1) is 0 Å². The molecule has 5 heteroatoms. The second-order valence-electron chi connectivity index (χ2n) is 0. The predicted molar refractivity (Wildman–Crippen MR) is 21.6 cm³/mol. The van der Waals surface area contributed by atoms with E-state index < -0.39 is 0 Å². The van der Waals surface area contributed by atoms with E-state index in [1.807, 2.05) is 0 Å². The van der Waals surface area contributed by atoms with Gasteiger partial charge in [-0.3, -0.25) is 0 Å². The normalized spacial score (nSPS) is 0. The molecular weight excluding hydrogens is 115 g/mol. The van der Waals surface area contributed by atoms with Crippen LogP contribution in [0.1, 0.15) is 0 Å².